The monoisotopic (exact) mass is 361 g/mol. The van der Waals surface area contributed by atoms with Crippen LogP contribution in [0.4, 0.5) is 0 Å². The summed E-state index contributed by atoms with van der Waals surface area (Å²) < 4.78 is 11.5. The summed E-state index contributed by atoms with van der Waals surface area (Å²) in [5.41, 5.74) is 5.70. The molecule has 0 spiro atoms. The van der Waals surface area contributed by atoms with Crippen LogP contribution in [0.5, 0.6) is 5.75 Å². The Morgan fingerprint density at radius 2 is 2.05 bits per heavy atom. The maximum atomic E-state index is 11.3. The van der Waals surface area contributed by atoms with Crippen molar-refractivity contribution in [3.8, 4) is 5.75 Å². The first-order chi connectivity index (χ1) is 9.63. The van der Waals surface area contributed by atoms with Crippen LogP contribution in [0, 0.1) is 0 Å². The number of thioether (sulfide) groups is 1. The maximum absolute atomic E-state index is 11.3. The predicted octanol–water partition coefficient (Wildman–Crippen LogP) is 2.84. The lowest BCUT2D eigenvalue weighted by Gasteiger charge is -2.10. The molecule has 0 saturated carbocycles. The summed E-state index contributed by atoms with van der Waals surface area (Å²) in [6, 6.07) is 7.22. The van der Waals surface area contributed by atoms with E-state index < -0.39 is 6.04 Å². The lowest BCUT2D eigenvalue weighted by atomic mass is 10.2. The Hall–Kier alpha value is -0.720. The molecule has 0 aliphatic rings. The second kappa shape index (κ2) is 10.1. The highest BCUT2D eigenvalue weighted by molar-refractivity contribution is 9.10. The molecule has 0 heterocycles. The molecule has 0 amide bonds. The van der Waals surface area contributed by atoms with E-state index in [1.54, 1.807) is 18.7 Å². The molecule has 0 saturated heterocycles. The molecule has 4 nitrogen and oxygen atoms in total. The Bertz CT molecular complexity index is 400. The quantitative estimate of drug-likeness (QED) is 0.541. The Kier molecular flexibility index (Phi) is 8.73. The van der Waals surface area contributed by atoms with Crippen LogP contribution in [-0.2, 0) is 9.53 Å². The lowest BCUT2D eigenvalue weighted by Crippen LogP contribution is -2.32. The van der Waals surface area contributed by atoms with Gasteiger partial charge in [0.25, 0.3) is 0 Å². The minimum atomic E-state index is -0.519. The predicted molar refractivity (Wildman–Crippen MR) is 86.2 cm³/mol. The third kappa shape index (κ3) is 7.17. The fourth-order valence-electron chi connectivity index (χ4n) is 1.43. The van der Waals surface area contributed by atoms with Gasteiger partial charge in [-0.2, -0.15) is 11.8 Å². The SMILES string of the molecule is CCOC(=O)C(N)CCSCCOc1ccc(Br)cc1. The third-order valence-electron chi connectivity index (χ3n) is 2.47. The summed E-state index contributed by atoms with van der Waals surface area (Å²) in [6.45, 7) is 2.79. The zero-order valence-corrected chi connectivity index (χ0v) is 13.9. The van der Waals surface area contributed by atoms with E-state index in [1.807, 2.05) is 24.3 Å². The Morgan fingerprint density at radius 1 is 1.35 bits per heavy atom. The highest BCUT2D eigenvalue weighted by Gasteiger charge is 2.13. The largest absolute Gasteiger partial charge is 0.493 e. The van der Waals surface area contributed by atoms with Crippen LogP contribution in [0.15, 0.2) is 28.7 Å². The number of hydrogen-bond donors (Lipinski definition) is 1. The topological polar surface area (TPSA) is 61.5 Å². The van der Waals surface area contributed by atoms with Crippen molar-refractivity contribution in [1.29, 1.82) is 0 Å². The fraction of sp³-hybridized carbons (Fsp3) is 0.500. The van der Waals surface area contributed by atoms with Gasteiger partial charge in [0, 0.05) is 10.2 Å². The molecule has 1 aromatic carbocycles. The van der Waals surface area contributed by atoms with E-state index in [9.17, 15) is 4.79 Å². The smallest absolute Gasteiger partial charge is 0.322 e. The van der Waals surface area contributed by atoms with Gasteiger partial charge < -0.3 is 15.2 Å². The van der Waals surface area contributed by atoms with Crippen molar-refractivity contribution >= 4 is 33.7 Å². The van der Waals surface area contributed by atoms with Gasteiger partial charge in [0.15, 0.2) is 0 Å². The number of rotatable bonds is 9. The molecule has 0 aromatic heterocycles. The first-order valence-electron chi connectivity index (χ1n) is 6.51. The molecule has 20 heavy (non-hydrogen) atoms. The summed E-state index contributed by atoms with van der Waals surface area (Å²) in [6.07, 6.45) is 0.627. The van der Waals surface area contributed by atoms with Crippen LogP contribution in [0.3, 0.4) is 0 Å². The normalized spacial score (nSPS) is 11.9. The molecule has 0 fully saturated rings. The van der Waals surface area contributed by atoms with E-state index in [0.717, 1.165) is 21.7 Å². The first kappa shape index (κ1) is 17.3. The van der Waals surface area contributed by atoms with E-state index in [1.165, 1.54) is 0 Å². The van der Waals surface area contributed by atoms with Gasteiger partial charge in [-0.15, -0.1) is 0 Å². The summed E-state index contributed by atoms with van der Waals surface area (Å²) in [7, 11) is 0. The van der Waals surface area contributed by atoms with Crippen molar-refractivity contribution in [2.45, 2.75) is 19.4 Å². The van der Waals surface area contributed by atoms with Crippen LogP contribution < -0.4 is 10.5 Å². The molecule has 1 unspecified atom stereocenters. The van der Waals surface area contributed by atoms with E-state index in [4.69, 9.17) is 15.2 Å². The molecule has 0 aliphatic carbocycles. The van der Waals surface area contributed by atoms with Gasteiger partial charge >= 0.3 is 5.97 Å². The fourth-order valence-corrected chi connectivity index (χ4v) is 2.52. The van der Waals surface area contributed by atoms with Crippen LogP contribution in [0.1, 0.15) is 13.3 Å². The number of carbonyl (C=O) groups excluding carboxylic acids is 1. The number of ether oxygens (including phenoxy) is 2. The third-order valence-corrected chi connectivity index (χ3v) is 3.98. The van der Waals surface area contributed by atoms with Crippen molar-refractivity contribution in [2.75, 3.05) is 24.7 Å². The molecule has 2 N–H and O–H groups in total. The Morgan fingerprint density at radius 3 is 2.70 bits per heavy atom. The second-order valence-corrected chi connectivity index (χ2v) is 6.20. The average molecular weight is 362 g/mol. The molecule has 1 rings (SSSR count). The van der Waals surface area contributed by atoms with E-state index in [0.29, 0.717) is 19.6 Å². The second-order valence-electron chi connectivity index (χ2n) is 4.06. The minimum absolute atomic E-state index is 0.320. The standard InChI is InChI=1S/C14H20BrNO3S/c1-2-18-14(17)13(16)7-9-20-10-8-19-12-5-3-11(15)4-6-12/h3-6,13H,2,7-10,16H2,1H3. The average Bonchev–Trinajstić information content (AvgIpc) is 2.44. The first-order valence-corrected chi connectivity index (χ1v) is 8.46. The number of carbonyl (C=O) groups is 1. The van der Waals surface area contributed by atoms with Crippen LogP contribution in [0.25, 0.3) is 0 Å². The van der Waals surface area contributed by atoms with E-state index in [2.05, 4.69) is 15.9 Å². The molecule has 1 atom stereocenters. The molecular weight excluding hydrogens is 342 g/mol. The zero-order chi connectivity index (χ0) is 14.8. The van der Waals surface area contributed by atoms with Gasteiger partial charge in [-0.3, -0.25) is 4.79 Å². The summed E-state index contributed by atoms with van der Waals surface area (Å²) in [4.78, 5) is 11.3. The molecule has 0 aliphatic heterocycles. The lowest BCUT2D eigenvalue weighted by molar-refractivity contribution is -0.144. The summed E-state index contributed by atoms with van der Waals surface area (Å²) in [5.74, 6) is 2.23. The van der Waals surface area contributed by atoms with Crippen molar-refractivity contribution in [1.82, 2.24) is 0 Å². The highest BCUT2D eigenvalue weighted by atomic mass is 79.9. The van der Waals surface area contributed by atoms with Gasteiger partial charge in [-0.1, -0.05) is 15.9 Å². The van der Waals surface area contributed by atoms with Gasteiger partial charge in [0.1, 0.15) is 11.8 Å². The number of halogens is 1. The summed E-state index contributed by atoms with van der Waals surface area (Å²) >= 11 is 5.09. The van der Waals surface area contributed by atoms with Crippen LogP contribution in [0.2, 0.25) is 0 Å². The number of esters is 1. The molecular formula is C14H20BrNO3S. The molecule has 0 radical (unpaired) electrons. The van der Waals surface area contributed by atoms with Crippen molar-refractivity contribution in [3.63, 3.8) is 0 Å². The number of benzene rings is 1. The van der Waals surface area contributed by atoms with Crippen LogP contribution in [-0.4, -0.2) is 36.7 Å². The maximum Gasteiger partial charge on any atom is 0.322 e. The van der Waals surface area contributed by atoms with Crippen molar-refractivity contribution in [2.24, 2.45) is 5.73 Å². The van der Waals surface area contributed by atoms with Crippen LogP contribution >= 0.6 is 27.7 Å². The molecule has 112 valence electrons. The van der Waals surface area contributed by atoms with E-state index in [-0.39, 0.29) is 5.97 Å². The highest BCUT2D eigenvalue weighted by Crippen LogP contribution is 2.16. The van der Waals surface area contributed by atoms with Gasteiger partial charge in [0.05, 0.1) is 13.2 Å². The van der Waals surface area contributed by atoms with Gasteiger partial charge in [-0.25, -0.2) is 0 Å². The molecule has 0 bridgehead atoms. The van der Waals surface area contributed by atoms with Crippen molar-refractivity contribution < 1.29 is 14.3 Å². The Balaban J connectivity index is 2.05. The van der Waals surface area contributed by atoms with Gasteiger partial charge in [0.2, 0.25) is 0 Å². The summed E-state index contributed by atoms with van der Waals surface area (Å²) in [5, 5.41) is 0. The molecule has 1 aromatic rings. The Labute approximate surface area is 132 Å². The number of hydrogen-bond acceptors (Lipinski definition) is 5. The number of nitrogens with two attached hydrogens (primary N) is 1. The van der Waals surface area contributed by atoms with Crippen molar-refractivity contribution in [3.05, 3.63) is 28.7 Å². The van der Waals surface area contributed by atoms with E-state index >= 15 is 0 Å². The minimum Gasteiger partial charge on any atom is -0.493 e. The zero-order valence-electron chi connectivity index (χ0n) is 11.5. The molecule has 6 heteroatoms. The van der Waals surface area contributed by atoms with Gasteiger partial charge in [-0.05, 0) is 43.4 Å².